The van der Waals surface area contributed by atoms with Crippen LogP contribution in [0.2, 0.25) is 5.02 Å². The van der Waals surface area contributed by atoms with Gasteiger partial charge in [0.05, 0.1) is 21.5 Å². The number of pyridine rings is 1. The number of aliphatic hydroxyl groups is 1. The van der Waals surface area contributed by atoms with E-state index in [1.807, 2.05) is 32.0 Å². The second-order valence-electron chi connectivity index (χ2n) is 8.04. The van der Waals surface area contributed by atoms with Gasteiger partial charge in [-0.1, -0.05) is 60.2 Å². The van der Waals surface area contributed by atoms with Crippen LogP contribution in [-0.2, 0) is 16.0 Å². The molecule has 1 saturated heterocycles. The summed E-state index contributed by atoms with van der Waals surface area (Å²) in [5.41, 5.74) is 3.53. The Morgan fingerprint density at radius 3 is 2.59 bits per heavy atom. The van der Waals surface area contributed by atoms with Crippen molar-refractivity contribution in [1.82, 2.24) is 9.97 Å². The van der Waals surface area contributed by atoms with Crippen LogP contribution in [0.3, 0.4) is 0 Å². The van der Waals surface area contributed by atoms with Gasteiger partial charge in [-0.2, -0.15) is 0 Å². The molecule has 1 fully saturated rings. The smallest absolute Gasteiger partial charge is 0.301 e. The number of rotatable bonds is 4. The van der Waals surface area contributed by atoms with Crippen LogP contribution < -0.4 is 4.90 Å². The van der Waals surface area contributed by atoms with Crippen molar-refractivity contribution in [3.8, 4) is 0 Å². The summed E-state index contributed by atoms with van der Waals surface area (Å²) in [6.07, 6.45) is 2.44. The molecule has 1 aliphatic rings. The Kier molecular flexibility index (Phi) is 5.67. The van der Waals surface area contributed by atoms with E-state index in [0.29, 0.717) is 26.9 Å². The summed E-state index contributed by atoms with van der Waals surface area (Å²) < 4.78 is 0.841. The van der Waals surface area contributed by atoms with E-state index < -0.39 is 17.7 Å². The minimum atomic E-state index is -0.913. The summed E-state index contributed by atoms with van der Waals surface area (Å²) in [4.78, 5) is 36.9. The highest BCUT2D eigenvalue weighted by atomic mass is 35.5. The number of ketones is 1. The first-order valence-corrected chi connectivity index (χ1v) is 12.0. The molecule has 2 aromatic carbocycles. The number of anilines is 1. The minimum Gasteiger partial charge on any atom is -0.507 e. The Hall–Kier alpha value is -3.55. The minimum absolute atomic E-state index is 0.0126. The Bertz CT molecular complexity index is 1420. The lowest BCUT2D eigenvalue weighted by Gasteiger charge is -2.21. The molecule has 1 N–H and O–H groups in total. The number of aryl methyl sites for hydroxylation is 2. The zero-order chi connectivity index (χ0) is 24.0. The lowest BCUT2D eigenvalue weighted by atomic mass is 9.97. The SMILES string of the molecule is CCc1ccc(/C(O)=C2\C(=O)C(=O)N(c3nc4cc(Cl)c(C)cc4s3)C2c2ccccn2)cc1. The largest absolute Gasteiger partial charge is 0.507 e. The average Bonchev–Trinajstić information content (AvgIpc) is 3.37. The number of halogens is 1. The number of nitrogens with zero attached hydrogens (tertiary/aromatic N) is 3. The van der Waals surface area contributed by atoms with Crippen molar-refractivity contribution >= 4 is 55.7 Å². The third-order valence-corrected chi connectivity index (χ3v) is 7.34. The van der Waals surface area contributed by atoms with Crippen LogP contribution in [0.5, 0.6) is 0 Å². The molecule has 170 valence electrons. The summed E-state index contributed by atoms with van der Waals surface area (Å²) in [5, 5.41) is 12.1. The van der Waals surface area contributed by atoms with Crippen LogP contribution in [0, 0.1) is 6.92 Å². The maximum atomic E-state index is 13.3. The summed E-state index contributed by atoms with van der Waals surface area (Å²) in [6, 6.07) is 15.3. The number of benzene rings is 2. The maximum Gasteiger partial charge on any atom is 0.301 e. The monoisotopic (exact) mass is 489 g/mol. The molecular formula is C26H20ClN3O3S. The predicted octanol–water partition coefficient (Wildman–Crippen LogP) is 5.84. The number of hydrogen-bond donors (Lipinski definition) is 1. The molecule has 34 heavy (non-hydrogen) atoms. The molecule has 5 rings (SSSR count). The normalized spacial score (nSPS) is 17.6. The van der Waals surface area contributed by atoms with E-state index in [4.69, 9.17) is 11.6 Å². The molecule has 6 nitrogen and oxygen atoms in total. The molecule has 2 aromatic heterocycles. The average molecular weight is 490 g/mol. The van der Waals surface area contributed by atoms with Crippen LogP contribution in [-0.4, -0.2) is 26.8 Å². The second-order valence-corrected chi connectivity index (χ2v) is 9.46. The van der Waals surface area contributed by atoms with E-state index in [0.717, 1.165) is 22.2 Å². The van der Waals surface area contributed by atoms with Crippen LogP contribution in [0.25, 0.3) is 16.0 Å². The fourth-order valence-corrected chi connectivity index (χ4v) is 5.27. The third kappa shape index (κ3) is 3.67. The van der Waals surface area contributed by atoms with Gasteiger partial charge in [0.25, 0.3) is 5.78 Å². The summed E-state index contributed by atoms with van der Waals surface area (Å²) in [5.74, 6) is -1.77. The predicted molar refractivity (Wildman–Crippen MR) is 134 cm³/mol. The van der Waals surface area contributed by atoms with Crippen molar-refractivity contribution in [2.24, 2.45) is 0 Å². The number of fused-ring (bicyclic) bond motifs is 1. The van der Waals surface area contributed by atoms with Crippen molar-refractivity contribution in [1.29, 1.82) is 0 Å². The van der Waals surface area contributed by atoms with Crippen LogP contribution in [0.15, 0.2) is 66.4 Å². The lowest BCUT2D eigenvalue weighted by molar-refractivity contribution is -0.132. The fourth-order valence-electron chi connectivity index (χ4n) is 4.04. The van der Waals surface area contributed by atoms with Gasteiger partial charge in [-0.3, -0.25) is 19.5 Å². The van der Waals surface area contributed by atoms with Gasteiger partial charge in [-0.25, -0.2) is 4.98 Å². The Balaban J connectivity index is 1.70. The number of carbonyl (C=O) groups excluding carboxylic acids is 2. The fraction of sp³-hybridized carbons (Fsp3) is 0.154. The van der Waals surface area contributed by atoms with Gasteiger partial charge in [0.2, 0.25) is 0 Å². The van der Waals surface area contributed by atoms with Gasteiger partial charge in [0.1, 0.15) is 11.8 Å². The number of aliphatic hydroxyl groups excluding tert-OH is 1. The molecule has 1 aliphatic heterocycles. The van der Waals surface area contributed by atoms with E-state index in [9.17, 15) is 14.7 Å². The van der Waals surface area contributed by atoms with Crippen molar-refractivity contribution in [2.75, 3.05) is 4.90 Å². The van der Waals surface area contributed by atoms with Crippen molar-refractivity contribution < 1.29 is 14.7 Å². The molecule has 3 heterocycles. The zero-order valence-corrected chi connectivity index (χ0v) is 20.0. The Morgan fingerprint density at radius 2 is 1.91 bits per heavy atom. The molecule has 1 amide bonds. The molecule has 0 saturated carbocycles. The Labute approximate surface area is 205 Å². The number of thiazole rings is 1. The topological polar surface area (TPSA) is 83.4 Å². The van der Waals surface area contributed by atoms with Gasteiger partial charge >= 0.3 is 5.91 Å². The molecule has 0 spiro atoms. The highest BCUT2D eigenvalue weighted by Crippen LogP contribution is 2.44. The van der Waals surface area contributed by atoms with Crippen LogP contribution in [0.4, 0.5) is 5.13 Å². The quantitative estimate of drug-likeness (QED) is 0.221. The summed E-state index contributed by atoms with van der Waals surface area (Å²) in [7, 11) is 0. The highest BCUT2D eigenvalue weighted by Gasteiger charge is 2.48. The van der Waals surface area contributed by atoms with Gasteiger partial charge in [-0.15, -0.1) is 0 Å². The highest BCUT2D eigenvalue weighted by molar-refractivity contribution is 7.22. The van der Waals surface area contributed by atoms with E-state index >= 15 is 0 Å². The number of aromatic nitrogens is 2. The molecule has 4 aromatic rings. The second kappa shape index (κ2) is 8.66. The van der Waals surface area contributed by atoms with E-state index in [-0.39, 0.29) is 11.3 Å². The van der Waals surface area contributed by atoms with E-state index in [1.165, 1.54) is 16.2 Å². The number of amides is 1. The molecular weight excluding hydrogens is 470 g/mol. The molecule has 0 radical (unpaired) electrons. The van der Waals surface area contributed by atoms with Gasteiger partial charge in [-0.05, 0) is 48.7 Å². The number of carbonyl (C=O) groups is 2. The van der Waals surface area contributed by atoms with Gasteiger partial charge < -0.3 is 5.11 Å². The first-order valence-electron chi connectivity index (χ1n) is 10.8. The van der Waals surface area contributed by atoms with Gasteiger partial charge in [0, 0.05) is 16.8 Å². The summed E-state index contributed by atoms with van der Waals surface area (Å²) in [6.45, 7) is 3.93. The molecule has 0 aliphatic carbocycles. The number of Topliss-reactive ketones (excluding diaryl/α,β-unsaturated/α-hetero) is 1. The van der Waals surface area contributed by atoms with Crippen molar-refractivity contribution in [3.05, 3.63) is 93.8 Å². The van der Waals surface area contributed by atoms with Gasteiger partial charge in [0.15, 0.2) is 5.13 Å². The summed E-state index contributed by atoms with van der Waals surface area (Å²) >= 11 is 7.55. The lowest BCUT2D eigenvalue weighted by Crippen LogP contribution is -2.29. The van der Waals surface area contributed by atoms with Crippen LogP contribution >= 0.6 is 22.9 Å². The third-order valence-electron chi connectivity index (χ3n) is 5.91. The first kappa shape index (κ1) is 22.3. The van der Waals surface area contributed by atoms with Crippen molar-refractivity contribution in [3.63, 3.8) is 0 Å². The maximum absolute atomic E-state index is 13.3. The standard InChI is InChI=1S/C26H20ClN3O3S/c1-3-15-7-9-16(10-8-15)23(31)21-22(18-6-4-5-11-28-18)30(25(33)24(21)32)26-29-19-13-17(27)14(2)12-20(19)34-26/h4-13,22,31H,3H2,1-2H3/b23-21+. The first-order chi connectivity index (χ1) is 16.4. The molecule has 0 bridgehead atoms. The Morgan fingerprint density at radius 1 is 1.15 bits per heavy atom. The van der Waals surface area contributed by atoms with Crippen LogP contribution in [0.1, 0.15) is 35.3 Å². The van der Waals surface area contributed by atoms with E-state index in [2.05, 4.69) is 9.97 Å². The molecule has 1 atom stereocenters. The zero-order valence-electron chi connectivity index (χ0n) is 18.4. The van der Waals surface area contributed by atoms with E-state index in [1.54, 1.807) is 42.6 Å². The van der Waals surface area contributed by atoms with Crippen molar-refractivity contribution in [2.45, 2.75) is 26.3 Å². The number of hydrogen-bond acceptors (Lipinski definition) is 6. The molecule has 8 heteroatoms. The molecule has 1 unspecified atom stereocenters.